The summed E-state index contributed by atoms with van der Waals surface area (Å²) in [5.41, 5.74) is 0.597. The van der Waals surface area contributed by atoms with Gasteiger partial charge in [-0.25, -0.2) is 4.98 Å². The zero-order valence-corrected chi connectivity index (χ0v) is 8.58. The fourth-order valence-electron chi connectivity index (χ4n) is 1.15. The number of nitrogens with zero attached hydrogens (tertiary/aromatic N) is 1. The van der Waals surface area contributed by atoms with Gasteiger partial charge in [-0.1, -0.05) is 0 Å². The van der Waals surface area contributed by atoms with Crippen molar-refractivity contribution in [1.29, 1.82) is 0 Å². The molecule has 1 aromatic heterocycles. The van der Waals surface area contributed by atoms with E-state index in [0.29, 0.717) is 5.56 Å². The minimum atomic E-state index is -1.12. The van der Waals surface area contributed by atoms with Crippen molar-refractivity contribution in [2.24, 2.45) is 0 Å². The summed E-state index contributed by atoms with van der Waals surface area (Å²) in [5, 5.41) is 18.9. The smallest absolute Gasteiger partial charge is 0.216 e. The number of aliphatic hydroxyl groups excluding tert-OH is 2. The van der Waals surface area contributed by atoms with Crippen LogP contribution in [0, 0.1) is 12.9 Å². The second-order valence-electron chi connectivity index (χ2n) is 3.01. The van der Waals surface area contributed by atoms with Crippen molar-refractivity contribution in [3.8, 4) is 0 Å². The van der Waals surface area contributed by atoms with Crippen LogP contribution in [0.2, 0.25) is 0 Å². The average Bonchev–Trinajstić information content (AvgIpc) is 2.20. The highest BCUT2D eigenvalue weighted by Crippen LogP contribution is 2.21. The Kier molecular flexibility index (Phi) is 3.86. The van der Waals surface area contributed by atoms with Gasteiger partial charge in [0.15, 0.2) is 0 Å². The maximum atomic E-state index is 13.0. The molecule has 0 saturated carbocycles. The third-order valence-corrected chi connectivity index (χ3v) is 2.43. The first-order chi connectivity index (χ1) is 6.57. The molecule has 0 aliphatic heterocycles. The number of thiol groups is 1. The van der Waals surface area contributed by atoms with Crippen LogP contribution >= 0.6 is 12.6 Å². The normalized spacial score (nSPS) is 15.2. The number of rotatable bonds is 3. The van der Waals surface area contributed by atoms with Crippen LogP contribution in [0.1, 0.15) is 17.2 Å². The summed E-state index contributed by atoms with van der Waals surface area (Å²) in [6, 6.07) is 1.48. The fraction of sp³-hybridized carbons (Fsp3) is 0.444. The van der Waals surface area contributed by atoms with Crippen LogP contribution < -0.4 is 0 Å². The van der Waals surface area contributed by atoms with E-state index in [2.05, 4.69) is 17.6 Å². The lowest BCUT2D eigenvalue weighted by atomic mass is 10.0. The van der Waals surface area contributed by atoms with E-state index in [4.69, 9.17) is 0 Å². The van der Waals surface area contributed by atoms with Gasteiger partial charge in [-0.05, 0) is 18.6 Å². The lowest BCUT2D eigenvalue weighted by molar-refractivity contribution is 0.0330. The third kappa shape index (κ3) is 2.23. The van der Waals surface area contributed by atoms with Crippen molar-refractivity contribution in [3.63, 3.8) is 0 Å². The number of pyridine rings is 1. The van der Waals surface area contributed by atoms with Crippen molar-refractivity contribution in [1.82, 2.24) is 4.98 Å². The molecule has 0 amide bonds. The van der Waals surface area contributed by atoms with Gasteiger partial charge in [0.05, 0.1) is 6.10 Å². The Balaban J connectivity index is 3.01. The molecule has 0 saturated heterocycles. The second kappa shape index (κ2) is 4.72. The van der Waals surface area contributed by atoms with E-state index in [1.165, 1.54) is 19.2 Å². The minimum Gasteiger partial charge on any atom is -0.389 e. The largest absolute Gasteiger partial charge is 0.389 e. The summed E-state index contributed by atoms with van der Waals surface area (Å²) in [5.74, 6) is -0.516. The highest BCUT2D eigenvalue weighted by Gasteiger charge is 2.20. The number of aliphatic hydroxyl groups is 2. The molecule has 1 aromatic rings. The Morgan fingerprint density at radius 2 is 2.21 bits per heavy atom. The molecule has 5 heteroatoms. The molecule has 3 nitrogen and oxygen atoms in total. The molecule has 0 bridgehead atoms. The van der Waals surface area contributed by atoms with Gasteiger partial charge in [0.2, 0.25) is 5.95 Å². The summed E-state index contributed by atoms with van der Waals surface area (Å²) in [6.07, 6.45) is -0.865. The van der Waals surface area contributed by atoms with Gasteiger partial charge in [0.25, 0.3) is 0 Å². The Morgan fingerprint density at radius 3 is 2.79 bits per heavy atom. The monoisotopic (exact) mass is 217 g/mol. The van der Waals surface area contributed by atoms with Gasteiger partial charge in [-0.3, -0.25) is 0 Å². The minimum absolute atomic E-state index is 0.116. The molecule has 2 atom stereocenters. The molecule has 0 aromatic carbocycles. The first kappa shape index (κ1) is 11.4. The molecule has 0 aliphatic rings. The Morgan fingerprint density at radius 1 is 1.57 bits per heavy atom. The van der Waals surface area contributed by atoms with Gasteiger partial charge in [-0.2, -0.15) is 17.0 Å². The van der Waals surface area contributed by atoms with Crippen LogP contribution in [0.4, 0.5) is 4.39 Å². The number of aromatic nitrogens is 1. The van der Waals surface area contributed by atoms with E-state index >= 15 is 0 Å². The van der Waals surface area contributed by atoms with Gasteiger partial charge < -0.3 is 10.2 Å². The summed E-state index contributed by atoms with van der Waals surface area (Å²) < 4.78 is 13.0. The summed E-state index contributed by atoms with van der Waals surface area (Å²) in [7, 11) is 0. The molecule has 2 unspecified atom stereocenters. The van der Waals surface area contributed by atoms with Crippen LogP contribution in [0.15, 0.2) is 12.3 Å². The molecule has 1 rings (SSSR count). The topological polar surface area (TPSA) is 53.4 Å². The zero-order chi connectivity index (χ0) is 10.7. The first-order valence-electron chi connectivity index (χ1n) is 4.16. The van der Waals surface area contributed by atoms with Crippen LogP contribution in [-0.2, 0) is 0 Å². The lowest BCUT2D eigenvalue weighted by Crippen LogP contribution is -2.21. The van der Waals surface area contributed by atoms with Crippen LogP contribution in [-0.4, -0.2) is 27.1 Å². The zero-order valence-electron chi connectivity index (χ0n) is 7.68. The van der Waals surface area contributed by atoms with Crippen molar-refractivity contribution < 1.29 is 14.6 Å². The summed E-state index contributed by atoms with van der Waals surface area (Å²) in [4.78, 5) is 3.43. The van der Waals surface area contributed by atoms with Crippen molar-refractivity contribution in [2.45, 2.75) is 19.1 Å². The summed E-state index contributed by atoms with van der Waals surface area (Å²) in [6.45, 7) is 1.51. The molecule has 0 aliphatic carbocycles. The van der Waals surface area contributed by atoms with Gasteiger partial charge in [0.1, 0.15) is 6.10 Å². The second-order valence-corrected chi connectivity index (χ2v) is 3.38. The van der Waals surface area contributed by atoms with Crippen LogP contribution in [0.5, 0.6) is 0 Å². The van der Waals surface area contributed by atoms with E-state index in [9.17, 15) is 14.6 Å². The Bertz CT molecular complexity index is 322. The molecule has 0 spiro atoms. The fourth-order valence-corrected chi connectivity index (χ4v) is 1.35. The van der Waals surface area contributed by atoms with E-state index < -0.39 is 18.2 Å². The van der Waals surface area contributed by atoms with E-state index in [0.717, 1.165) is 0 Å². The SMILES string of the molecule is Cc1c(C(O)C(O)CS)ccnc1F. The Hall–Kier alpha value is -0.650. The maximum Gasteiger partial charge on any atom is 0.216 e. The summed E-state index contributed by atoms with van der Waals surface area (Å²) >= 11 is 3.85. The predicted molar refractivity (Wildman–Crippen MR) is 53.8 cm³/mol. The van der Waals surface area contributed by atoms with Gasteiger partial charge in [-0.15, -0.1) is 0 Å². The highest BCUT2D eigenvalue weighted by atomic mass is 32.1. The van der Waals surface area contributed by atoms with Crippen molar-refractivity contribution in [2.75, 3.05) is 5.75 Å². The van der Waals surface area contributed by atoms with Crippen molar-refractivity contribution in [3.05, 3.63) is 29.3 Å². The lowest BCUT2D eigenvalue weighted by Gasteiger charge is -2.17. The van der Waals surface area contributed by atoms with Crippen LogP contribution in [0.25, 0.3) is 0 Å². The van der Waals surface area contributed by atoms with Crippen LogP contribution in [0.3, 0.4) is 0 Å². The van der Waals surface area contributed by atoms with E-state index in [1.807, 2.05) is 0 Å². The number of halogens is 1. The molecule has 2 N–H and O–H groups in total. The maximum absolute atomic E-state index is 13.0. The standard InChI is InChI=1S/C9H12FNO2S/c1-5-6(2-3-11-9(5)10)8(13)7(12)4-14/h2-3,7-8,12-14H,4H2,1H3. The number of hydrogen-bond donors (Lipinski definition) is 3. The van der Waals surface area contributed by atoms with E-state index in [-0.39, 0.29) is 11.3 Å². The number of hydrogen-bond acceptors (Lipinski definition) is 4. The molecule has 14 heavy (non-hydrogen) atoms. The molecular weight excluding hydrogens is 205 g/mol. The average molecular weight is 217 g/mol. The molecule has 0 radical (unpaired) electrons. The Labute approximate surface area is 87.0 Å². The van der Waals surface area contributed by atoms with Gasteiger partial charge in [0, 0.05) is 17.5 Å². The molecule has 0 fully saturated rings. The third-order valence-electron chi connectivity index (χ3n) is 2.05. The first-order valence-corrected chi connectivity index (χ1v) is 4.79. The molecular formula is C9H12FNO2S. The predicted octanol–water partition coefficient (Wildman–Crippen LogP) is 0.853. The highest BCUT2D eigenvalue weighted by molar-refractivity contribution is 7.80. The molecule has 1 heterocycles. The van der Waals surface area contributed by atoms with Crippen molar-refractivity contribution >= 4 is 12.6 Å². The van der Waals surface area contributed by atoms with E-state index in [1.54, 1.807) is 0 Å². The van der Waals surface area contributed by atoms with Gasteiger partial charge >= 0.3 is 0 Å². The molecule has 78 valence electrons. The quantitative estimate of drug-likeness (QED) is 0.520.